The van der Waals surface area contributed by atoms with E-state index in [0.29, 0.717) is 16.5 Å². The van der Waals surface area contributed by atoms with Crippen molar-refractivity contribution >= 4 is 47.1 Å². The molecule has 3 heterocycles. The number of aryl methyl sites for hydroxylation is 1. The zero-order valence-electron chi connectivity index (χ0n) is 16.2. The first kappa shape index (κ1) is 18.7. The van der Waals surface area contributed by atoms with Gasteiger partial charge in [-0.05, 0) is 32.3 Å². The molecular formula is C20H19ClN8O. The average molecular weight is 423 g/mol. The molecule has 0 radical (unpaired) electrons. The molecule has 0 aliphatic heterocycles. The van der Waals surface area contributed by atoms with Crippen LogP contribution in [0.25, 0.3) is 5.65 Å². The summed E-state index contributed by atoms with van der Waals surface area (Å²) in [5.41, 5.74) is 6.98. The zero-order valence-corrected chi connectivity index (χ0v) is 16.9. The van der Waals surface area contributed by atoms with Gasteiger partial charge in [-0.1, -0.05) is 11.6 Å². The Kier molecular flexibility index (Phi) is 4.28. The number of fused-ring (bicyclic) bond motifs is 4. The van der Waals surface area contributed by atoms with Crippen LogP contribution < -0.4 is 10.7 Å². The zero-order chi connectivity index (χ0) is 20.9. The molecule has 0 saturated heterocycles. The number of rotatable bonds is 5. The Balaban J connectivity index is 1.41. The fourth-order valence-electron chi connectivity index (χ4n) is 4.22. The van der Waals surface area contributed by atoms with E-state index < -0.39 is 0 Å². The van der Waals surface area contributed by atoms with Crippen molar-refractivity contribution in [1.82, 2.24) is 19.6 Å². The third-order valence-electron chi connectivity index (χ3n) is 5.70. The maximum atomic E-state index is 13.1. The van der Waals surface area contributed by atoms with Crippen LogP contribution in [0.5, 0.6) is 0 Å². The van der Waals surface area contributed by atoms with Crippen molar-refractivity contribution in [2.45, 2.75) is 37.5 Å². The second kappa shape index (κ2) is 6.88. The number of hydrogen-bond donors (Lipinski definition) is 3. The predicted molar refractivity (Wildman–Crippen MR) is 115 cm³/mol. The molecule has 0 aromatic carbocycles. The number of nitrogens with one attached hydrogen (secondary N) is 3. The topological polar surface area (TPSA) is 120 Å². The number of aromatic nitrogens is 4. The van der Waals surface area contributed by atoms with Gasteiger partial charge in [0.2, 0.25) is 5.91 Å². The molecule has 5 rings (SSSR count). The molecule has 30 heavy (non-hydrogen) atoms. The van der Waals surface area contributed by atoms with Crippen molar-refractivity contribution in [3.8, 4) is 0 Å². The SMILES string of the molecule is Cc1cc2ncc3c(n2n1)C1(CC1)C[C@@H]3C(=O)Nc1cnc(N/N=C\C=N)c(Cl)c1. The quantitative estimate of drug-likeness (QED) is 0.430. The molecule has 2 aliphatic rings. The van der Waals surface area contributed by atoms with Crippen LogP contribution in [0.1, 0.15) is 42.1 Å². The summed E-state index contributed by atoms with van der Waals surface area (Å²) in [6.45, 7) is 1.95. The minimum Gasteiger partial charge on any atom is -0.324 e. The van der Waals surface area contributed by atoms with Gasteiger partial charge in [-0.2, -0.15) is 10.2 Å². The van der Waals surface area contributed by atoms with Gasteiger partial charge in [-0.15, -0.1) is 0 Å². The molecule has 0 bridgehead atoms. The maximum Gasteiger partial charge on any atom is 0.232 e. The van der Waals surface area contributed by atoms with Gasteiger partial charge in [0, 0.05) is 29.5 Å². The van der Waals surface area contributed by atoms with Crippen molar-refractivity contribution < 1.29 is 4.79 Å². The number of hydrogen-bond acceptors (Lipinski definition) is 7. The summed E-state index contributed by atoms with van der Waals surface area (Å²) < 4.78 is 1.92. The lowest BCUT2D eigenvalue weighted by molar-refractivity contribution is -0.117. The van der Waals surface area contributed by atoms with Crippen LogP contribution in [0.3, 0.4) is 0 Å². The highest BCUT2D eigenvalue weighted by Crippen LogP contribution is 2.60. The van der Waals surface area contributed by atoms with Gasteiger partial charge in [0.1, 0.15) is 0 Å². The summed E-state index contributed by atoms with van der Waals surface area (Å²) in [5.74, 6) is -0.0558. The number of carbonyl (C=O) groups is 1. The van der Waals surface area contributed by atoms with Gasteiger partial charge >= 0.3 is 0 Å². The monoisotopic (exact) mass is 422 g/mol. The summed E-state index contributed by atoms with van der Waals surface area (Å²) >= 11 is 6.23. The van der Waals surface area contributed by atoms with E-state index in [9.17, 15) is 4.79 Å². The van der Waals surface area contributed by atoms with Crippen LogP contribution in [0, 0.1) is 12.3 Å². The second-order valence-electron chi connectivity index (χ2n) is 7.76. The van der Waals surface area contributed by atoms with Gasteiger partial charge in [0.05, 0.1) is 40.4 Å². The number of amides is 1. The Hall–Kier alpha value is -3.33. The third kappa shape index (κ3) is 3.02. The molecule has 2 aliphatic carbocycles. The van der Waals surface area contributed by atoms with Crippen LogP contribution >= 0.6 is 11.6 Å². The second-order valence-corrected chi connectivity index (χ2v) is 8.16. The Bertz CT molecular complexity index is 1210. The molecule has 9 nitrogen and oxygen atoms in total. The average Bonchev–Trinajstić information content (AvgIpc) is 3.26. The number of nitrogens with zero attached hydrogens (tertiary/aromatic N) is 5. The Labute approximate surface area is 177 Å². The molecule has 152 valence electrons. The number of anilines is 2. The summed E-state index contributed by atoms with van der Waals surface area (Å²) in [6, 6.07) is 3.58. The molecule has 1 atom stereocenters. The van der Waals surface area contributed by atoms with Crippen molar-refractivity contribution in [1.29, 1.82) is 5.41 Å². The standard InChI is InChI=1S/C20H19ClN8O/c1-11-6-16-23-10-14-13(8-20(2-3-20)17(14)29(16)28-11)19(30)26-12-7-15(21)18(24-9-12)27-25-5-4-22/h4-7,9-10,13,22H,2-3,8H2,1H3,(H,24,27)(H,26,30)/b22-4?,25-5-/t13-/m0/s1. The lowest BCUT2D eigenvalue weighted by Gasteiger charge is -2.13. The van der Waals surface area contributed by atoms with Crippen molar-refractivity contribution in [2.75, 3.05) is 10.7 Å². The van der Waals surface area contributed by atoms with Crippen LogP contribution in [-0.4, -0.2) is 37.9 Å². The van der Waals surface area contributed by atoms with Gasteiger partial charge in [0.25, 0.3) is 0 Å². The number of hydrazone groups is 1. The van der Waals surface area contributed by atoms with E-state index in [1.807, 2.05) is 23.7 Å². The molecule has 1 saturated carbocycles. The van der Waals surface area contributed by atoms with Crippen LogP contribution in [0.15, 0.2) is 29.6 Å². The molecule has 1 spiro atoms. The summed E-state index contributed by atoms with van der Waals surface area (Å²) in [4.78, 5) is 21.8. The van der Waals surface area contributed by atoms with E-state index in [1.165, 1.54) is 12.4 Å². The molecule has 10 heteroatoms. The minimum absolute atomic E-state index is 0.0214. The fourth-order valence-corrected chi connectivity index (χ4v) is 4.43. The maximum absolute atomic E-state index is 13.1. The lowest BCUT2D eigenvalue weighted by Crippen LogP contribution is -2.20. The van der Waals surface area contributed by atoms with Crippen LogP contribution in [-0.2, 0) is 10.2 Å². The molecule has 3 aromatic heterocycles. The summed E-state index contributed by atoms with van der Waals surface area (Å²) in [7, 11) is 0. The van der Waals surface area contributed by atoms with Crippen LogP contribution in [0.2, 0.25) is 5.02 Å². The first-order chi connectivity index (χ1) is 14.5. The molecule has 3 aromatic rings. The van der Waals surface area contributed by atoms with Gasteiger partial charge in [0.15, 0.2) is 11.5 Å². The Morgan fingerprint density at radius 2 is 2.20 bits per heavy atom. The van der Waals surface area contributed by atoms with Crippen LogP contribution in [0.4, 0.5) is 11.5 Å². The molecular weight excluding hydrogens is 404 g/mol. The lowest BCUT2D eigenvalue weighted by atomic mass is 9.99. The van der Waals surface area contributed by atoms with Crippen molar-refractivity contribution in [3.63, 3.8) is 0 Å². The van der Waals surface area contributed by atoms with E-state index in [2.05, 4.69) is 30.9 Å². The Morgan fingerprint density at radius 1 is 1.37 bits per heavy atom. The van der Waals surface area contributed by atoms with E-state index in [4.69, 9.17) is 17.0 Å². The van der Waals surface area contributed by atoms with E-state index in [0.717, 1.165) is 48.1 Å². The summed E-state index contributed by atoms with van der Waals surface area (Å²) in [6.07, 6.45) is 8.53. The fraction of sp³-hybridized carbons (Fsp3) is 0.300. The first-order valence-electron chi connectivity index (χ1n) is 9.61. The summed E-state index contributed by atoms with van der Waals surface area (Å²) in [5, 5.41) is 18.6. The molecule has 0 unspecified atom stereocenters. The van der Waals surface area contributed by atoms with Crippen molar-refractivity contribution in [3.05, 3.63) is 46.5 Å². The first-order valence-corrected chi connectivity index (χ1v) is 9.99. The van der Waals surface area contributed by atoms with E-state index in [1.54, 1.807) is 6.07 Å². The molecule has 1 amide bonds. The number of carbonyl (C=O) groups excluding carboxylic acids is 1. The highest BCUT2D eigenvalue weighted by Gasteiger charge is 2.56. The number of halogens is 1. The highest BCUT2D eigenvalue weighted by atomic mass is 35.5. The van der Waals surface area contributed by atoms with Gasteiger partial charge in [-0.25, -0.2) is 14.5 Å². The van der Waals surface area contributed by atoms with E-state index >= 15 is 0 Å². The third-order valence-corrected chi connectivity index (χ3v) is 5.99. The predicted octanol–water partition coefficient (Wildman–Crippen LogP) is 3.29. The Morgan fingerprint density at radius 3 is 2.93 bits per heavy atom. The van der Waals surface area contributed by atoms with E-state index in [-0.39, 0.29) is 17.2 Å². The van der Waals surface area contributed by atoms with Crippen molar-refractivity contribution in [2.24, 2.45) is 5.10 Å². The number of pyridine rings is 1. The smallest absolute Gasteiger partial charge is 0.232 e. The molecule has 3 N–H and O–H groups in total. The van der Waals surface area contributed by atoms with Gasteiger partial charge in [-0.3, -0.25) is 10.2 Å². The van der Waals surface area contributed by atoms with Gasteiger partial charge < -0.3 is 10.7 Å². The largest absolute Gasteiger partial charge is 0.324 e. The normalized spacial score (nSPS) is 18.7. The minimum atomic E-state index is -0.294. The highest BCUT2D eigenvalue weighted by molar-refractivity contribution is 6.33. The molecule has 1 fully saturated rings.